The minimum absolute atomic E-state index is 0.220. The van der Waals surface area contributed by atoms with Crippen LogP contribution in [0.3, 0.4) is 0 Å². The number of nitrogens with zero attached hydrogens (tertiary/aromatic N) is 1. The number of carbonyl (C=O) groups excluding carboxylic acids is 1. The van der Waals surface area contributed by atoms with Crippen molar-refractivity contribution in [2.75, 3.05) is 26.2 Å². The SMILES string of the molecule is CC1CC(C)CN(CCCNC(=O)CC2CCc3ccccc32)C1. The second kappa shape index (κ2) is 8.15. The Morgan fingerprint density at radius 1 is 1.21 bits per heavy atom. The number of nitrogens with one attached hydrogen (secondary N) is 1. The van der Waals surface area contributed by atoms with Gasteiger partial charge in [0, 0.05) is 26.1 Å². The highest BCUT2D eigenvalue weighted by molar-refractivity contribution is 5.77. The molecule has 3 heteroatoms. The van der Waals surface area contributed by atoms with Crippen LogP contribution in [0.4, 0.5) is 0 Å². The molecule has 1 amide bonds. The number of hydrogen-bond acceptors (Lipinski definition) is 2. The Bertz CT molecular complexity index is 547. The van der Waals surface area contributed by atoms with Crippen LogP contribution in [0, 0.1) is 11.8 Å². The largest absolute Gasteiger partial charge is 0.356 e. The quantitative estimate of drug-likeness (QED) is 0.809. The average Bonchev–Trinajstić information content (AvgIpc) is 2.94. The molecule has 0 radical (unpaired) electrons. The molecule has 1 saturated heterocycles. The number of likely N-dealkylation sites (tertiary alicyclic amines) is 1. The smallest absolute Gasteiger partial charge is 0.220 e. The summed E-state index contributed by atoms with van der Waals surface area (Å²) in [7, 11) is 0. The predicted octanol–water partition coefficient (Wildman–Crippen LogP) is 3.59. The molecule has 3 unspecified atom stereocenters. The van der Waals surface area contributed by atoms with Crippen LogP contribution in [-0.2, 0) is 11.2 Å². The molecule has 1 aliphatic carbocycles. The van der Waals surface area contributed by atoms with Crippen LogP contribution < -0.4 is 5.32 Å². The van der Waals surface area contributed by atoms with E-state index < -0.39 is 0 Å². The molecule has 0 aromatic heterocycles. The molecular formula is C21H32N2O. The van der Waals surface area contributed by atoms with Gasteiger partial charge in [-0.25, -0.2) is 0 Å². The highest BCUT2D eigenvalue weighted by atomic mass is 16.1. The van der Waals surface area contributed by atoms with E-state index in [-0.39, 0.29) is 5.91 Å². The second-order valence-corrected chi connectivity index (χ2v) is 8.05. The first-order valence-electron chi connectivity index (χ1n) is 9.68. The maximum atomic E-state index is 12.2. The van der Waals surface area contributed by atoms with Crippen molar-refractivity contribution < 1.29 is 4.79 Å². The van der Waals surface area contributed by atoms with Crippen molar-refractivity contribution in [3.05, 3.63) is 35.4 Å². The minimum Gasteiger partial charge on any atom is -0.356 e. The molecule has 3 atom stereocenters. The molecule has 0 spiro atoms. The van der Waals surface area contributed by atoms with Gasteiger partial charge in [0.2, 0.25) is 5.91 Å². The lowest BCUT2D eigenvalue weighted by molar-refractivity contribution is -0.121. The second-order valence-electron chi connectivity index (χ2n) is 8.05. The van der Waals surface area contributed by atoms with Crippen molar-refractivity contribution in [1.82, 2.24) is 10.2 Å². The summed E-state index contributed by atoms with van der Waals surface area (Å²) in [6.07, 6.45) is 5.31. The molecule has 0 saturated carbocycles. The first-order valence-corrected chi connectivity index (χ1v) is 9.68. The summed E-state index contributed by atoms with van der Waals surface area (Å²) in [4.78, 5) is 14.8. The van der Waals surface area contributed by atoms with E-state index in [2.05, 4.69) is 48.3 Å². The molecule has 1 heterocycles. The fourth-order valence-corrected chi connectivity index (χ4v) is 4.66. The predicted molar refractivity (Wildman–Crippen MR) is 99.1 cm³/mol. The zero-order chi connectivity index (χ0) is 16.9. The highest BCUT2D eigenvalue weighted by Gasteiger charge is 2.24. The van der Waals surface area contributed by atoms with Crippen molar-refractivity contribution in [2.24, 2.45) is 11.8 Å². The molecular weight excluding hydrogens is 296 g/mol. The number of aryl methyl sites for hydroxylation is 1. The lowest BCUT2D eigenvalue weighted by atomic mass is 9.92. The number of hydrogen-bond donors (Lipinski definition) is 1. The van der Waals surface area contributed by atoms with E-state index in [0.717, 1.165) is 44.2 Å². The van der Waals surface area contributed by atoms with Gasteiger partial charge in [0.25, 0.3) is 0 Å². The van der Waals surface area contributed by atoms with Crippen molar-refractivity contribution in [2.45, 2.75) is 51.9 Å². The van der Waals surface area contributed by atoms with Gasteiger partial charge in [0.05, 0.1) is 0 Å². The van der Waals surface area contributed by atoms with E-state index in [1.165, 1.54) is 30.6 Å². The molecule has 24 heavy (non-hydrogen) atoms. The van der Waals surface area contributed by atoms with E-state index in [0.29, 0.717) is 12.3 Å². The van der Waals surface area contributed by atoms with Gasteiger partial charge in [-0.05, 0) is 61.1 Å². The topological polar surface area (TPSA) is 32.3 Å². The Morgan fingerprint density at radius 2 is 1.96 bits per heavy atom. The molecule has 3 nitrogen and oxygen atoms in total. The zero-order valence-electron chi connectivity index (χ0n) is 15.3. The van der Waals surface area contributed by atoms with Crippen LogP contribution in [0.5, 0.6) is 0 Å². The maximum Gasteiger partial charge on any atom is 0.220 e. The number of piperidine rings is 1. The van der Waals surface area contributed by atoms with E-state index in [4.69, 9.17) is 0 Å². The summed E-state index contributed by atoms with van der Waals surface area (Å²) in [6, 6.07) is 8.59. The lowest BCUT2D eigenvalue weighted by Gasteiger charge is -2.34. The van der Waals surface area contributed by atoms with Crippen LogP contribution in [0.25, 0.3) is 0 Å². The first-order chi connectivity index (χ1) is 11.6. The van der Waals surface area contributed by atoms with Gasteiger partial charge < -0.3 is 10.2 Å². The van der Waals surface area contributed by atoms with Crippen LogP contribution in [0.2, 0.25) is 0 Å². The maximum absolute atomic E-state index is 12.2. The van der Waals surface area contributed by atoms with Gasteiger partial charge >= 0.3 is 0 Å². The van der Waals surface area contributed by atoms with Crippen molar-refractivity contribution in [3.8, 4) is 0 Å². The molecule has 1 aromatic rings. The van der Waals surface area contributed by atoms with Gasteiger partial charge in [-0.3, -0.25) is 4.79 Å². The Labute approximate surface area is 146 Å². The van der Waals surface area contributed by atoms with Gasteiger partial charge in [-0.15, -0.1) is 0 Å². The van der Waals surface area contributed by atoms with Crippen molar-refractivity contribution in [1.29, 1.82) is 0 Å². The standard InChI is InChI=1S/C21H32N2O/c1-16-12-17(2)15-23(14-16)11-5-10-22-21(24)13-19-9-8-18-6-3-4-7-20(18)19/h3-4,6-7,16-17,19H,5,8-15H2,1-2H3,(H,22,24). The molecule has 132 valence electrons. The van der Waals surface area contributed by atoms with E-state index in [1.807, 2.05) is 0 Å². The van der Waals surface area contributed by atoms with Crippen LogP contribution >= 0.6 is 0 Å². The summed E-state index contributed by atoms with van der Waals surface area (Å²) in [6.45, 7) is 9.07. The summed E-state index contributed by atoms with van der Waals surface area (Å²) < 4.78 is 0. The van der Waals surface area contributed by atoms with Gasteiger partial charge in [0.1, 0.15) is 0 Å². The van der Waals surface area contributed by atoms with Crippen molar-refractivity contribution >= 4 is 5.91 Å². The third-order valence-electron chi connectivity index (χ3n) is 5.61. The Balaban J connectivity index is 1.35. The number of fused-ring (bicyclic) bond motifs is 1. The van der Waals surface area contributed by atoms with Crippen LogP contribution in [0.1, 0.15) is 56.6 Å². The summed E-state index contributed by atoms with van der Waals surface area (Å²) >= 11 is 0. The number of rotatable bonds is 6. The minimum atomic E-state index is 0.220. The van der Waals surface area contributed by atoms with Crippen molar-refractivity contribution in [3.63, 3.8) is 0 Å². The number of carbonyl (C=O) groups is 1. The molecule has 1 fully saturated rings. The highest BCUT2D eigenvalue weighted by Crippen LogP contribution is 2.35. The van der Waals surface area contributed by atoms with Gasteiger partial charge in [-0.2, -0.15) is 0 Å². The number of amides is 1. The fourth-order valence-electron chi connectivity index (χ4n) is 4.66. The fraction of sp³-hybridized carbons (Fsp3) is 0.667. The Morgan fingerprint density at radius 3 is 2.75 bits per heavy atom. The molecule has 3 rings (SSSR count). The third kappa shape index (κ3) is 4.60. The summed E-state index contributed by atoms with van der Waals surface area (Å²) in [5.41, 5.74) is 2.83. The number of benzene rings is 1. The molecule has 1 N–H and O–H groups in total. The third-order valence-corrected chi connectivity index (χ3v) is 5.61. The molecule has 1 aromatic carbocycles. The molecule has 2 aliphatic rings. The van der Waals surface area contributed by atoms with Gasteiger partial charge in [-0.1, -0.05) is 38.1 Å². The normalized spacial score (nSPS) is 27.0. The summed E-state index contributed by atoms with van der Waals surface area (Å²) in [5, 5.41) is 3.14. The summed E-state index contributed by atoms with van der Waals surface area (Å²) in [5.74, 6) is 2.26. The van der Waals surface area contributed by atoms with Gasteiger partial charge in [0.15, 0.2) is 0 Å². The van der Waals surface area contributed by atoms with Crippen LogP contribution in [0.15, 0.2) is 24.3 Å². The van der Waals surface area contributed by atoms with E-state index >= 15 is 0 Å². The lowest BCUT2D eigenvalue weighted by Crippen LogP contribution is -2.40. The molecule has 0 bridgehead atoms. The Kier molecular flexibility index (Phi) is 5.94. The van der Waals surface area contributed by atoms with Crippen LogP contribution in [-0.4, -0.2) is 37.0 Å². The Hall–Kier alpha value is -1.35. The first kappa shape index (κ1) is 17.5. The molecule has 1 aliphatic heterocycles. The zero-order valence-corrected chi connectivity index (χ0v) is 15.3. The monoisotopic (exact) mass is 328 g/mol. The average molecular weight is 329 g/mol. The van der Waals surface area contributed by atoms with E-state index in [9.17, 15) is 4.79 Å². The van der Waals surface area contributed by atoms with E-state index in [1.54, 1.807) is 0 Å².